The lowest BCUT2D eigenvalue weighted by Gasteiger charge is -2.07. The Morgan fingerprint density at radius 2 is 2.00 bits per heavy atom. The highest BCUT2D eigenvalue weighted by atomic mass is 35.7. The molecule has 1 rings (SSSR count). The molecule has 1 aromatic carbocycles. The normalized spacial score (nSPS) is 10.8. The first-order valence-corrected chi connectivity index (χ1v) is 7.45. The van der Waals surface area contributed by atoms with Gasteiger partial charge in [-0.05, 0) is 24.1 Å². The Hall–Kier alpha value is 0.0169. The lowest BCUT2D eigenvalue weighted by atomic mass is 10.1. The predicted octanol–water partition coefficient (Wildman–Crippen LogP) is 2.73. The van der Waals surface area contributed by atoms with E-state index in [-0.39, 0.29) is 0 Å². The van der Waals surface area contributed by atoms with E-state index in [0.29, 0.717) is 0 Å². The van der Waals surface area contributed by atoms with E-state index in [2.05, 4.69) is 32.0 Å². The molecule has 0 bridgehead atoms. The molecule has 0 atom stereocenters. The highest BCUT2D eigenvalue weighted by molar-refractivity contribution is 7.39. The van der Waals surface area contributed by atoms with Crippen LogP contribution < -0.4 is 5.19 Å². The van der Waals surface area contributed by atoms with Crippen LogP contribution in [0.2, 0.25) is 0 Å². The van der Waals surface area contributed by atoms with E-state index < -0.39 is 7.42 Å². The van der Waals surface area contributed by atoms with Crippen LogP contribution in [0.4, 0.5) is 0 Å². The van der Waals surface area contributed by atoms with Gasteiger partial charge >= 0.3 is 7.42 Å². The number of benzene rings is 1. The fourth-order valence-corrected chi connectivity index (χ4v) is 3.07. The molecule has 0 saturated carbocycles. The van der Waals surface area contributed by atoms with Gasteiger partial charge in [0, 0.05) is 0 Å². The first kappa shape index (κ1) is 10.1. The van der Waals surface area contributed by atoms with Crippen molar-refractivity contribution in [1.82, 2.24) is 0 Å². The topological polar surface area (TPSA) is 0 Å². The van der Waals surface area contributed by atoms with Gasteiger partial charge in [-0.1, -0.05) is 30.7 Å². The van der Waals surface area contributed by atoms with Crippen molar-refractivity contribution in [3.05, 3.63) is 29.3 Å². The summed E-state index contributed by atoms with van der Waals surface area (Å²) in [6, 6.07) is 6.30. The molecule has 0 spiro atoms. The van der Waals surface area contributed by atoms with Crippen LogP contribution in [0.5, 0.6) is 0 Å². The fraction of sp³-hybridized carbons (Fsp3) is 0.333. The zero-order valence-electron chi connectivity index (χ0n) is 7.20. The fourth-order valence-electron chi connectivity index (χ4n) is 1.17. The van der Waals surface area contributed by atoms with Crippen molar-refractivity contribution in [2.24, 2.45) is 0 Å². The molecule has 65 valence electrons. The van der Waals surface area contributed by atoms with E-state index in [0.717, 1.165) is 11.6 Å². The summed E-state index contributed by atoms with van der Waals surface area (Å²) in [5.41, 5.74) is 2.51. The van der Waals surface area contributed by atoms with Gasteiger partial charge in [0.25, 0.3) is 0 Å². The zero-order chi connectivity index (χ0) is 9.14. The molecular formula is C9H11Cl2Si. The summed E-state index contributed by atoms with van der Waals surface area (Å²) in [7, 11) is -1.33. The van der Waals surface area contributed by atoms with Gasteiger partial charge in [-0.15, -0.1) is 22.2 Å². The lowest BCUT2D eigenvalue weighted by Crippen LogP contribution is -2.22. The molecule has 12 heavy (non-hydrogen) atoms. The van der Waals surface area contributed by atoms with Gasteiger partial charge in [0.05, 0.1) is 0 Å². The van der Waals surface area contributed by atoms with Crippen molar-refractivity contribution < 1.29 is 0 Å². The SMILES string of the molecule is CCc1ccc(C)cc1[Si](Cl)Cl. The number of hydrogen-bond acceptors (Lipinski definition) is 0. The molecule has 0 heterocycles. The summed E-state index contributed by atoms with van der Waals surface area (Å²) in [4.78, 5) is 0. The van der Waals surface area contributed by atoms with E-state index in [1.807, 2.05) is 0 Å². The van der Waals surface area contributed by atoms with Gasteiger partial charge in [0.1, 0.15) is 0 Å². The van der Waals surface area contributed by atoms with Crippen LogP contribution in [-0.2, 0) is 6.42 Å². The van der Waals surface area contributed by atoms with Crippen LogP contribution in [0.3, 0.4) is 0 Å². The van der Waals surface area contributed by atoms with E-state index >= 15 is 0 Å². The van der Waals surface area contributed by atoms with Gasteiger partial charge in [-0.3, -0.25) is 0 Å². The van der Waals surface area contributed by atoms with Crippen molar-refractivity contribution in [1.29, 1.82) is 0 Å². The van der Waals surface area contributed by atoms with Crippen LogP contribution in [-0.4, -0.2) is 7.42 Å². The Kier molecular flexibility index (Phi) is 3.63. The number of aryl methyl sites for hydroxylation is 2. The maximum Gasteiger partial charge on any atom is 0.307 e. The molecule has 1 radical (unpaired) electrons. The maximum atomic E-state index is 5.93. The molecule has 0 fully saturated rings. The Labute approximate surface area is 84.5 Å². The first-order chi connectivity index (χ1) is 5.65. The second-order valence-electron chi connectivity index (χ2n) is 2.77. The first-order valence-electron chi connectivity index (χ1n) is 3.93. The van der Waals surface area contributed by atoms with Crippen LogP contribution in [0.15, 0.2) is 18.2 Å². The molecule has 0 aliphatic carbocycles. The zero-order valence-corrected chi connectivity index (χ0v) is 9.71. The largest absolute Gasteiger partial charge is 0.307 e. The molecule has 0 aliphatic rings. The lowest BCUT2D eigenvalue weighted by molar-refractivity contribution is 1.15. The summed E-state index contributed by atoms with van der Waals surface area (Å²) in [6.45, 7) is 4.17. The minimum atomic E-state index is -1.33. The summed E-state index contributed by atoms with van der Waals surface area (Å²) in [5, 5.41) is 1.14. The Bertz CT molecular complexity index is 271. The minimum Gasteiger partial charge on any atom is -0.140 e. The smallest absolute Gasteiger partial charge is 0.140 e. The standard InChI is InChI=1S/C9H11Cl2Si/c1-3-8-5-4-7(2)6-9(8)12(10)11/h4-6H,3H2,1-2H3. The van der Waals surface area contributed by atoms with E-state index in [9.17, 15) is 0 Å². The second-order valence-corrected chi connectivity index (χ2v) is 6.68. The quantitative estimate of drug-likeness (QED) is 0.529. The van der Waals surface area contributed by atoms with E-state index in [1.54, 1.807) is 0 Å². The molecule has 1 aromatic rings. The number of hydrogen-bond donors (Lipinski definition) is 0. The van der Waals surface area contributed by atoms with Crippen molar-refractivity contribution >= 4 is 34.8 Å². The monoisotopic (exact) mass is 217 g/mol. The van der Waals surface area contributed by atoms with Crippen LogP contribution >= 0.6 is 22.2 Å². The van der Waals surface area contributed by atoms with Crippen molar-refractivity contribution in [2.45, 2.75) is 20.3 Å². The molecule has 0 aliphatic heterocycles. The van der Waals surface area contributed by atoms with Crippen molar-refractivity contribution in [3.63, 3.8) is 0 Å². The summed E-state index contributed by atoms with van der Waals surface area (Å²) in [6.07, 6.45) is 1.00. The molecule has 0 aromatic heterocycles. The highest BCUT2D eigenvalue weighted by Gasteiger charge is 2.11. The molecule has 3 heteroatoms. The average Bonchev–Trinajstić information content (AvgIpc) is 2.04. The highest BCUT2D eigenvalue weighted by Crippen LogP contribution is 2.07. The summed E-state index contributed by atoms with van der Waals surface area (Å²) in [5.74, 6) is 0. The van der Waals surface area contributed by atoms with Crippen molar-refractivity contribution in [3.8, 4) is 0 Å². The second kappa shape index (κ2) is 4.31. The molecular weight excluding hydrogens is 207 g/mol. The third-order valence-corrected chi connectivity index (χ3v) is 3.94. The van der Waals surface area contributed by atoms with Gasteiger partial charge in [0.2, 0.25) is 0 Å². The molecule has 0 amide bonds. The average molecular weight is 218 g/mol. The third-order valence-electron chi connectivity index (χ3n) is 1.85. The van der Waals surface area contributed by atoms with Gasteiger partial charge in [-0.2, -0.15) is 0 Å². The summed E-state index contributed by atoms with van der Waals surface area (Å²) >= 11 is 11.9. The minimum absolute atomic E-state index is 1.00. The van der Waals surface area contributed by atoms with Crippen LogP contribution in [0, 0.1) is 6.92 Å². The van der Waals surface area contributed by atoms with Crippen LogP contribution in [0.25, 0.3) is 0 Å². The molecule has 0 saturated heterocycles. The Morgan fingerprint density at radius 1 is 1.33 bits per heavy atom. The maximum absolute atomic E-state index is 5.93. The van der Waals surface area contributed by atoms with Gasteiger partial charge < -0.3 is 0 Å². The number of rotatable bonds is 2. The molecule has 0 N–H and O–H groups in total. The third kappa shape index (κ3) is 2.25. The van der Waals surface area contributed by atoms with E-state index in [4.69, 9.17) is 22.2 Å². The Balaban J connectivity index is 3.12. The Morgan fingerprint density at radius 3 is 2.50 bits per heavy atom. The van der Waals surface area contributed by atoms with E-state index in [1.165, 1.54) is 11.1 Å². The predicted molar refractivity (Wildman–Crippen MR) is 57.7 cm³/mol. The van der Waals surface area contributed by atoms with Crippen LogP contribution in [0.1, 0.15) is 18.1 Å². The molecule has 0 nitrogen and oxygen atoms in total. The number of halogens is 2. The van der Waals surface area contributed by atoms with Gasteiger partial charge in [0.15, 0.2) is 0 Å². The van der Waals surface area contributed by atoms with Crippen molar-refractivity contribution in [2.75, 3.05) is 0 Å². The summed E-state index contributed by atoms with van der Waals surface area (Å²) < 4.78 is 0. The molecule has 0 unspecified atom stereocenters. The van der Waals surface area contributed by atoms with Gasteiger partial charge in [-0.25, -0.2) is 0 Å².